The van der Waals surface area contributed by atoms with Crippen LogP contribution in [0.15, 0.2) is 54.6 Å². The minimum absolute atomic E-state index is 0.000236. The first kappa shape index (κ1) is 19.5. The third kappa shape index (κ3) is 3.86. The van der Waals surface area contributed by atoms with Gasteiger partial charge in [-0.15, -0.1) is 0 Å². The molecule has 0 aliphatic carbocycles. The van der Waals surface area contributed by atoms with E-state index in [1.807, 2.05) is 12.1 Å². The lowest BCUT2D eigenvalue weighted by Crippen LogP contribution is -2.44. The second-order valence-corrected chi connectivity index (χ2v) is 7.05. The summed E-state index contributed by atoms with van der Waals surface area (Å²) in [6.07, 6.45) is -4.14. The van der Waals surface area contributed by atoms with Crippen LogP contribution in [0, 0.1) is 0 Å². The summed E-state index contributed by atoms with van der Waals surface area (Å²) in [5.74, 6) is -0.422. The Hall–Kier alpha value is -2.84. The number of fused-ring (bicyclic) bond motifs is 1. The van der Waals surface area contributed by atoms with Crippen molar-refractivity contribution in [1.29, 1.82) is 0 Å². The van der Waals surface area contributed by atoms with Gasteiger partial charge in [0.05, 0.1) is 17.8 Å². The third-order valence-corrected chi connectivity index (χ3v) is 5.20. The first-order chi connectivity index (χ1) is 13.9. The van der Waals surface area contributed by atoms with Crippen molar-refractivity contribution >= 4 is 16.8 Å². The quantitative estimate of drug-likeness (QED) is 0.619. The fourth-order valence-corrected chi connectivity index (χ4v) is 3.77. The van der Waals surface area contributed by atoms with Gasteiger partial charge in [0.1, 0.15) is 0 Å². The Kier molecular flexibility index (Phi) is 5.06. The number of alkyl halides is 3. The number of hydrazine groups is 1. The molecule has 1 amide bonds. The zero-order valence-electron chi connectivity index (χ0n) is 15.8. The molecule has 2 unspecified atom stereocenters. The number of carbonyl (C=O) groups excluding carboxylic acids is 1. The van der Waals surface area contributed by atoms with Gasteiger partial charge >= 0.3 is 6.18 Å². The Labute approximate surface area is 165 Å². The molecule has 2 atom stereocenters. The van der Waals surface area contributed by atoms with Crippen LogP contribution in [-0.4, -0.2) is 16.6 Å². The average Bonchev–Trinajstić information content (AvgIpc) is 3.31. The highest BCUT2D eigenvalue weighted by Gasteiger charge is 2.31. The minimum Gasteiger partial charge on any atom is -0.343 e. The lowest BCUT2D eigenvalue weighted by Gasteiger charge is -2.14. The molecule has 5 nitrogen and oxygen atoms in total. The van der Waals surface area contributed by atoms with Gasteiger partial charge in [-0.2, -0.15) is 13.2 Å². The summed E-state index contributed by atoms with van der Waals surface area (Å²) in [7, 11) is 0. The highest BCUT2D eigenvalue weighted by atomic mass is 19.4. The molecule has 0 bridgehead atoms. The first-order valence-electron chi connectivity index (χ1n) is 9.44. The second-order valence-electron chi connectivity index (χ2n) is 7.05. The van der Waals surface area contributed by atoms with Crippen LogP contribution in [0.5, 0.6) is 0 Å². The number of nitrogens with one attached hydrogen (secondary N) is 3. The number of aryl methyl sites for hydroxylation is 1. The number of carbonyl (C=O) groups is 1. The molecule has 4 rings (SSSR count). The van der Waals surface area contributed by atoms with Crippen LogP contribution in [0.1, 0.15) is 41.0 Å². The van der Waals surface area contributed by atoms with E-state index in [4.69, 9.17) is 0 Å². The molecule has 2 aromatic carbocycles. The van der Waals surface area contributed by atoms with Crippen LogP contribution in [0.25, 0.3) is 10.9 Å². The molecule has 29 heavy (non-hydrogen) atoms. The van der Waals surface area contributed by atoms with Gasteiger partial charge in [-0.1, -0.05) is 18.2 Å². The number of rotatable bonds is 4. The number of hydrogen-bond acceptors (Lipinski definition) is 3. The number of amides is 1. The minimum atomic E-state index is -4.42. The van der Waals surface area contributed by atoms with Gasteiger partial charge in [-0.25, -0.2) is 10.9 Å². The van der Waals surface area contributed by atoms with Crippen molar-refractivity contribution in [1.82, 2.24) is 20.7 Å². The van der Waals surface area contributed by atoms with Gasteiger partial charge in [0.2, 0.25) is 0 Å². The first-order valence-corrected chi connectivity index (χ1v) is 9.44. The monoisotopic (exact) mass is 402 g/mol. The summed E-state index contributed by atoms with van der Waals surface area (Å²) < 4.78 is 40.2. The van der Waals surface area contributed by atoms with Crippen molar-refractivity contribution in [2.24, 2.45) is 0 Å². The van der Waals surface area contributed by atoms with Gasteiger partial charge in [-0.05, 0) is 48.7 Å². The van der Waals surface area contributed by atoms with Gasteiger partial charge in [-0.3, -0.25) is 4.79 Å². The van der Waals surface area contributed by atoms with E-state index in [1.165, 1.54) is 12.1 Å². The van der Waals surface area contributed by atoms with Gasteiger partial charge in [0, 0.05) is 29.7 Å². The van der Waals surface area contributed by atoms with Crippen LogP contribution >= 0.6 is 0 Å². The Morgan fingerprint density at radius 1 is 1.14 bits per heavy atom. The molecule has 0 radical (unpaired) electrons. The van der Waals surface area contributed by atoms with Crippen molar-refractivity contribution in [3.8, 4) is 0 Å². The number of nitrogens with zero attached hydrogens (tertiary/aromatic N) is 1. The maximum absolute atomic E-state index is 12.7. The van der Waals surface area contributed by atoms with E-state index in [1.54, 1.807) is 0 Å². The standard InChI is InChI=1S/C21H21F3N4O/c1-2-28-17-6-4-3-5-14(17)11-18(28)16-12-19(27-26-16)25-20(29)13-7-9-15(10-8-13)21(22,23)24/h3-11,16,19,26-27H,2,12H2,1H3,(H,25,29). The van der Waals surface area contributed by atoms with Gasteiger partial charge < -0.3 is 9.88 Å². The molecule has 1 saturated heterocycles. The van der Waals surface area contributed by atoms with Crippen LogP contribution in [0.4, 0.5) is 13.2 Å². The predicted molar refractivity (Wildman–Crippen MR) is 104 cm³/mol. The topological polar surface area (TPSA) is 58.1 Å². The molecule has 1 aromatic heterocycles. The maximum atomic E-state index is 12.7. The highest BCUT2D eigenvalue weighted by molar-refractivity contribution is 5.94. The van der Waals surface area contributed by atoms with Crippen molar-refractivity contribution in [2.75, 3.05) is 0 Å². The van der Waals surface area contributed by atoms with E-state index < -0.39 is 17.6 Å². The lowest BCUT2D eigenvalue weighted by molar-refractivity contribution is -0.137. The van der Waals surface area contributed by atoms with Crippen LogP contribution in [0.3, 0.4) is 0 Å². The molecule has 0 spiro atoms. The fraction of sp³-hybridized carbons (Fsp3) is 0.286. The van der Waals surface area contributed by atoms with E-state index in [2.05, 4.69) is 45.9 Å². The fourth-order valence-electron chi connectivity index (χ4n) is 3.77. The van der Waals surface area contributed by atoms with Crippen molar-refractivity contribution in [2.45, 2.75) is 38.3 Å². The van der Waals surface area contributed by atoms with Crippen LogP contribution < -0.4 is 16.2 Å². The summed E-state index contributed by atoms with van der Waals surface area (Å²) in [4.78, 5) is 12.4. The lowest BCUT2D eigenvalue weighted by atomic mass is 10.1. The molecular weight excluding hydrogens is 381 g/mol. The van der Waals surface area contributed by atoms with E-state index in [0.29, 0.717) is 6.42 Å². The smallest absolute Gasteiger partial charge is 0.343 e. The zero-order valence-corrected chi connectivity index (χ0v) is 15.8. The van der Waals surface area contributed by atoms with Gasteiger partial charge in [0.25, 0.3) is 5.91 Å². The molecule has 3 aromatic rings. The average molecular weight is 402 g/mol. The summed E-state index contributed by atoms with van der Waals surface area (Å²) in [6, 6.07) is 14.5. The number of benzene rings is 2. The molecule has 3 N–H and O–H groups in total. The number of para-hydroxylation sites is 1. The maximum Gasteiger partial charge on any atom is 0.416 e. The summed E-state index contributed by atoms with van der Waals surface area (Å²) in [5, 5.41) is 3.98. The Morgan fingerprint density at radius 2 is 1.86 bits per heavy atom. The molecule has 8 heteroatoms. The number of aromatic nitrogens is 1. The van der Waals surface area contributed by atoms with Crippen LogP contribution in [0.2, 0.25) is 0 Å². The molecule has 1 fully saturated rings. The molecule has 152 valence electrons. The van der Waals surface area contributed by atoms with Crippen molar-refractivity contribution in [3.05, 3.63) is 71.4 Å². The Bertz CT molecular complexity index is 1030. The predicted octanol–water partition coefficient (Wildman–Crippen LogP) is 3.98. The van der Waals surface area contributed by atoms with E-state index in [9.17, 15) is 18.0 Å². The van der Waals surface area contributed by atoms with Crippen LogP contribution in [-0.2, 0) is 12.7 Å². The number of hydrogen-bond donors (Lipinski definition) is 3. The normalized spacial score (nSPS) is 19.6. The molecule has 1 aliphatic rings. The number of halogens is 3. The van der Waals surface area contributed by atoms with E-state index >= 15 is 0 Å². The second kappa shape index (κ2) is 7.53. The summed E-state index contributed by atoms with van der Waals surface area (Å²) >= 11 is 0. The Morgan fingerprint density at radius 3 is 2.55 bits per heavy atom. The molecule has 0 saturated carbocycles. The summed E-state index contributed by atoms with van der Waals surface area (Å²) in [5.41, 5.74) is 7.96. The van der Waals surface area contributed by atoms with Crippen molar-refractivity contribution < 1.29 is 18.0 Å². The van der Waals surface area contributed by atoms with E-state index in [-0.39, 0.29) is 17.8 Å². The van der Waals surface area contributed by atoms with Crippen molar-refractivity contribution in [3.63, 3.8) is 0 Å². The molecule has 1 aliphatic heterocycles. The highest BCUT2D eigenvalue weighted by Crippen LogP contribution is 2.30. The van der Waals surface area contributed by atoms with E-state index in [0.717, 1.165) is 35.3 Å². The SMILES string of the molecule is CCn1c(C2CC(NC(=O)c3ccc(C(F)(F)F)cc3)NN2)cc2ccccc21. The Balaban J connectivity index is 1.45. The van der Waals surface area contributed by atoms with Gasteiger partial charge in [0.15, 0.2) is 0 Å². The molecule has 2 heterocycles. The third-order valence-electron chi connectivity index (χ3n) is 5.20. The summed E-state index contributed by atoms with van der Waals surface area (Å²) in [6.45, 7) is 2.91. The largest absolute Gasteiger partial charge is 0.416 e. The molecular formula is C21H21F3N4O. The zero-order chi connectivity index (χ0) is 20.6.